The van der Waals surface area contributed by atoms with E-state index in [1.807, 2.05) is 19.1 Å². The molecule has 1 aromatic rings. The van der Waals surface area contributed by atoms with Crippen molar-refractivity contribution in [2.75, 3.05) is 19.0 Å². The highest BCUT2D eigenvalue weighted by Gasteiger charge is 2.20. The van der Waals surface area contributed by atoms with Gasteiger partial charge in [-0.1, -0.05) is 6.07 Å². The molecule has 1 aliphatic heterocycles. The first kappa shape index (κ1) is 10.0. The summed E-state index contributed by atoms with van der Waals surface area (Å²) in [6, 6.07) is 3.84. The zero-order chi connectivity index (χ0) is 10.8. The summed E-state index contributed by atoms with van der Waals surface area (Å²) in [5, 5.41) is 3.27. The van der Waals surface area contributed by atoms with Gasteiger partial charge in [0.15, 0.2) is 5.78 Å². The third kappa shape index (κ3) is 1.69. The van der Waals surface area contributed by atoms with E-state index in [-0.39, 0.29) is 5.78 Å². The standard InChI is InChI=1S/C12H15NO2/c1-8-5-6-10(15-2)12-11(8)9(14)4-3-7-13-12/h5-6,13H,3-4,7H2,1-2H3. The van der Waals surface area contributed by atoms with Crippen LogP contribution in [0.4, 0.5) is 5.69 Å². The van der Waals surface area contributed by atoms with Gasteiger partial charge in [0, 0.05) is 18.5 Å². The number of Topliss-reactive ketones (excluding diaryl/α,β-unsaturated/α-hetero) is 1. The summed E-state index contributed by atoms with van der Waals surface area (Å²) in [6.45, 7) is 2.79. The molecule has 0 aliphatic carbocycles. The maximum absolute atomic E-state index is 11.9. The van der Waals surface area contributed by atoms with Crippen LogP contribution in [-0.4, -0.2) is 19.4 Å². The lowest BCUT2D eigenvalue weighted by Gasteiger charge is -2.13. The van der Waals surface area contributed by atoms with E-state index in [1.165, 1.54) is 0 Å². The number of rotatable bonds is 1. The lowest BCUT2D eigenvalue weighted by molar-refractivity contribution is 0.0983. The van der Waals surface area contributed by atoms with Crippen LogP contribution in [0.1, 0.15) is 28.8 Å². The third-order valence-electron chi connectivity index (χ3n) is 2.76. The smallest absolute Gasteiger partial charge is 0.165 e. The van der Waals surface area contributed by atoms with Crippen molar-refractivity contribution >= 4 is 11.5 Å². The van der Waals surface area contributed by atoms with Crippen LogP contribution in [0.25, 0.3) is 0 Å². The molecule has 0 bridgehead atoms. The van der Waals surface area contributed by atoms with Crippen molar-refractivity contribution in [3.05, 3.63) is 23.3 Å². The molecule has 1 aliphatic rings. The molecule has 2 rings (SSSR count). The first-order valence-electron chi connectivity index (χ1n) is 5.18. The van der Waals surface area contributed by atoms with Gasteiger partial charge < -0.3 is 10.1 Å². The first-order valence-corrected chi connectivity index (χ1v) is 5.18. The fourth-order valence-electron chi connectivity index (χ4n) is 1.98. The molecule has 15 heavy (non-hydrogen) atoms. The summed E-state index contributed by atoms with van der Waals surface area (Å²) < 4.78 is 5.26. The zero-order valence-corrected chi connectivity index (χ0v) is 9.09. The van der Waals surface area contributed by atoms with Crippen molar-refractivity contribution in [1.82, 2.24) is 0 Å². The number of anilines is 1. The van der Waals surface area contributed by atoms with Crippen molar-refractivity contribution in [3.63, 3.8) is 0 Å². The van der Waals surface area contributed by atoms with Gasteiger partial charge in [0.2, 0.25) is 0 Å². The van der Waals surface area contributed by atoms with E-state index in [1.54, 1.807) is 7.11 Å². The van der Waals surface area contributed by atoms with Gasteiger partial charge in [-0.25, -0.2) is 0 Å². The van der Waals surface area contributed by atoms with Gasteiger partial charge in [0.25, 0.3) is 0 Å². The molecule has 80 valence electrons. The van der Waals surface area contributed by atoms with Gasteiger partial charge in [-0.3, -0.25) is 4.79 Å². The number of ketones is 1. The maximum Gasteiger partial charge on any atom is 0.165 e. The summed E-state index contributed by atoms with van der Waals surface area (Å²) in [4.78, 5) is 11.9. The van der Waals surface area contributed by atoms with Gasteiger partial charge in [-0.15, -0.1) is 0 Å². The van der Waals surface area contributed by atoms with Crippen LogP contribution in [0.15, 0.2) is 12.1 Å². The highest BCUT2D eigenvalue weighted by atomic mass is 16.5. The van der Waals surface area contributed by atoms with Crippen LogP contribution >= 0.6 is 0 Å². The van der Waals surface area contributed by atoms with Gasteiger partial charge in [0.05, 0.1) is 12.8 Å². The number of carbonyl (C=O) groups excluding carboxylic acids is 1. The average Bonchev–Trinajstić information content (AvgIpc) is 2.42. The monoisotopic (exact) mass is 205 g/mol. The lowest BCUT2D eigenvalue weighted by Crippen LogP contribution is -2.05. The molecular formula is C12H15NO2. The Hall–Kier alpha value is -1.51. The largest absolute Gasteiger partial charge is 0.495 e. The molecular weight excluding hydrogens is 190 g/mol. The van der Waals surface area contributed by atoms with Crippen LogP contribution in [-0.2, 0) is 0 Å². The zero-order valence-electron chi connectivity index (χ0n) is 9.09. The minimum atomic E-state index is 0.214. The number of fused-ring (bicyclic) bond motifs is 1. The quantitative estimate of drug-likeness (QED) is 0.765. The number of carbonyl (C=O) groups is 1. The topological polar surface area (TPSA) is 38.3 Å². The minimum absolute atomic E-state index is 0.214. The Bertz CT molecular complexity index is 399. The van der Waals surface area contributed by atoms with Gasteiger partial charge in [-0.05, 0) is 25.0 Å². The van der Waals surface area contributed by atoms with Crippen molar-refractivity contribution in [1.29, 1.82) is 0 Å². The Kier molecular flexibility index (Phi) is 2.62. The predicted molar refractivity (Wildman–Crippen MR) is 59.8 cm³/mol. The fourth-order valence-corrected chi connectivity index (χ4v) is 1.98. The summed E-state index contributed by atoms with van der Waals surface area (Å²) in [5.41, 5.74) is 2.68. The number of methoxy groups -OCH3 is 1. The number of hydrogen-bond donors (Lipinski definition) is 1. The Morgan fingerprint density at radius 2 is 2.20 bits per heavy atom. The minimum Gasteiger partial charge on any atom is -0.495 e. The fraction of sp³-hybridized carbons (Fsp3) is 0.417. The van der Waals surface area contributed by atoms with E-state index in [0.29, 0.717) is 6.42 Å². The Morgan fingerprint density at radius 1 is 1.40 bits per heavy atom. The van der Waals surface area contributed by atoms with Gasteiger partial charge in [-0.2, -0.15) is 0 Å². The summed E-state index contributed by atoms with van der Waals surface area (Å²) >= 11 is 0. The second-order valence-corrected chi connectivity index (χ2v) is 3.79. The Balaban J connectivity index is 2.60. The maximum atomic E-state index is 11.9. The summed E-state index contributed by atoms with van der Waals surface area (Å²) in [6.07, 6.45) is 1.50. The molecule has 0 atom stereocenters. The Morgan fingerprint density at radius 3 is 2.93 bits per heavy atom. The van der Waals surface area contributed by atoms with Crippen LogP contribution in [0.2, 0.25) is 0 Å². The van der Waals surface area contributed by atoms with Crippen molar-refractivity contribution in [2.24, 2.45) is 0 Å². The predicted octanol–water partition coefficient (Wildman–Crippen LogP) is 2.39. The second kappa shape index (κ2) is 3.93. The molecule has 0 radical (unpaired) electrons. The van der Waals surface area contributed by atoms with E-state index in [4.69, 9.17) is 4.74 Å². The number of hydrogen-bond acceptors (Lipinski definition) is 3. The van der Waals surface area contributed by atoms with Gasteiger partial charge >= 0.3 is 0 Å². The molecule has 0 aromatic heterocycles. The number of benzene rings is 1. The first-order chi connectivity index (χ1) is 7.24. The number of aryl methyl sites for hydroxylation is 1. The molecule has 0 amide bonds. The SMILES string of the molecule is COc1ccc(C)c2c1NCCCC2=O. The molecule has 1 heterocycles. The van der Waals surface area contributed by atoms with E-state index in [9.17, 15) is 4.79 Å². The number of ether oxygens (including phenoxy) is 1. The molecule has 0 spiro atoms. The highest BCUT2D eigenvalue weighted by Crippen LogP contribution is 2.33. The molecule has 1 aromatic carbocycles. The van der Waals surface area contributed by atoms with Crippen LogP contribution in [0, 0.1) is 6.92 Å². The second-order valence-electron chi connectivity index (χ2n) is 3.79. The van der Waals surface area contributed by atoms with Crippen molar-refractivity contribution in [2.45, 2.75) is 19.8 Å². The molecule has 0 saturated heterocycles. The van der Waals surface area contributed by atoms with Gasteiger partial charge in [0.1, 0.15) is 5.75 Å². The van der Waals surface area contributed by atoms with Crippen LogP contribution < -0.4 is 10.1 Å². The van der Waals surface area contributed by atoms with Crippen molar-refractivity contribution in [3.8, 4) is 5.75 Å². The lowest BCUT2D eigenvalue weighted by atomic mass is 10.0. The molecule has 3 nitrogen and oxygen atoms in total. The summed E-state index contributed by atoms with van der Waals surface area (Å²) in [7, 11) is 1.63. The summed E-state index contributed by atoms with van der Waals surface area (Å²) in [5.74, 6) is 0.970. The van der Waals surface area contributed by atoms with E-state index >= 15 is 0 Å². The highest BCUT2D eigenvalue weighted by molar-refractivity contribution is 6.04. The van der Waals surface area contributed by atoms with E-state index < -0.39 is 0 Å². The normalized spacial score (nSPS) is 15.2. The molecule has 1 N–H and O–H groups in total. The van der Waals surface area contributed by atoms with E-state index in [2.05, 4.69) is 5.32 Å². The average molecular weight is 205 g/mol. The van der Waals surface area contributed by atoms with Crippen LogP contribution in [0.5, 0.6) is 5.75 Å². The van der Waals surface area contributed by atoms with Crippen molar-refractivity contribution < 1.29 is 9.53 Å². The molecule has 0 fully saturated rings. The van der Waals surface area contributed by atoms with E-state index in [0.717, 1.165) is 35.5 Å². The molecule has 3 heteroatoms. The molecule has 0 unspecified atom stereocenters. The molecule has 0 saturated carbocycles. The number of nitrogens with one attached hydrogen (secondary N) is 1. The Labute approximate surface area is 89.4 Å². The van der Waals surface area contributed by atoms with Crippen LogP contribution in [0.3, 0.4) is 0 Å². The third-order valence-corrected chi connectivity index (χ3v) is 2.76.